The molecule has 0 aromatic rings. The standard InChI is InChI=1S/C70H127NO18/c1-3-5-7-9-11-13-15-17-19-21-22-23-24-25-26-27-28-29-30-32-34-36-38-40-42-44-46-48-58(76)71-53(54(75)47-45-43-41-39-37-35-33-31-20-18-16-14-12-10-8-6-4-2)52-84-68-64(82)61(79)66(56(50-73)86-68)89-70-65(83)62(80)67(57(51-74)87-70)88-69-63(81)60(78)59(77)55(49-72)85-69/h15,17,21-22,24-25,45,47,53-57,59-70,72-75,77-83H,3-14,16,18-20,23,26-44,46,48-52H2,1-2H3,(H,71,76)/b17-15-,22-21-,25-24-,47-45+. The number of carbonyl (C=O) groups is 1. The lowest BCUT2D eigenvalue weighted by Crippen LogP contribution is -2.66. The topological polar surface area (TPSA) is 307 Å². The lowest BCUT2D eigenvalue weighted by molar-refractivity contribution is -0.379. The molecule has 89 heavy (non-hydrogen) atoms. The highest BCUT2D eigenvalue weighted by atomic mass is 16.8. The number of hydrogen-bond acceptors (Lipinski definition) is 18. The molecular formula is C70H127NO18. The zero-order chi connectivity index (χ0) is 64.7. The summed E-state index contributed by atoms with van der Waals surface area (Å²) in [5.74, 6) is -0.277. The summed E-state index contributed by atoms with van der Waals surface area (Å²) in [4.78, 5) is 13.4. The van der Waals surface area contributed by atoms with Crippen LogP contribution in [0, 0.1) is 0 Å². The molecule has 3 aliphatic rings. The maximum atomic E-state index is 13.4. The molecule has 0 bridgehead atoms. The molecule has 3 heterocycles. The van der Waals surface area contributed by atoms with E-state index in [1.165, 1.54) is 167 Å². The third kappa shape index (κ3) is 34.1. The van der Waals surface area contributed by atoms with Gasteiger partial charge in [-0.05, 0) is 57.8 Å². The first-order valence-electron chi connectivity index (χ1n) is 35.4. The maximum Gasteiger partial charge on any atom is 0.220 e. The zero-order valence-electron chi connectivity index (χ0n) is 54.9. The highest BCUT2D eigenvalue weighted by Gasteiger charge is 2.53. The molecular weight excluding hydrogens is 1140 g/mol. The van der Waals surface area contributed by atoms with Crippen LogP contribution < -0.4 is 5.32 Å². The summed E-state index contributed by atoms with van der Waals surface area (Å²) in [7, 11) is 0. The molecule has 3 fully saturated rings. The Hall–Kier alpha value is -2.25. The van der Waals surface area contributed by atoms with Gasteiger partial charge in [-0.25, -0.2) is 0 Å². The molecule has 0 radical (unpaired) electrons. The summed E-state index contributed by atoms with van der Waals surface area (Å²) in [6, 6.07) is -0.975. The average Bonchev–Trinajstić information content (AvgIpc) is 2.46. The van der Waals surface area contributed by atoms with Gasteiger partial charge >= 0.3 is 0 Å². The Morgan fingerprint density at radius 1 is 0.404 bits per heavy atom. The van der Waals surface area contributed by atoms with Crippen molar-refractivity contribution in [3.63, 3.8) is 0 Å². The van der Waals surface area contributed by atoms with Gasteiger partial charge in [0.25, 0.3) is 0 Å². The van der Waals surface area contributed by atoms with Gasteiger partial charge in [-0.1, -0.05) is 242 Å². The van der Waals surface area contributed by atoms with E-state index < -0.39 is 124 Å². The van der Waals surface area contributed by atoms with Crippen LogP contribution in [0.15, 0.2) is 48.6 Å². The average molecular weight is 1270 g/mol. The summed E-state index contributed by atoms with van der Waals surface area (Å²) in [6.45, 7) is 1.73. The third-order valence-electron chi connectivity index (χ3n) is 17.6. The Balaban J connectivity index is 1.42. The fourth-order valence-electron chi connectivity index (χ4n) is 11.8. The number of hydrogen-bond donors (Lipinski definition) is 12. The Bertz CT molecular complexity index is 1800. The van der Waals surface area contributed by atoms with Crippen LogP contribution in [-0.4, -0.2) is 193 Å². The number of carbonyl (C=O) groups excluding carboxylic acids is 1. The number of nitrogens with one attached hydrogen (secondary N) is 1. The predicted molar refractivity (Wildman–Crippen MR) is 346 cm³/mol. The second-order valence-corrected chi connectivity index (χ2v) is 25.3. The van der Waals surface area contributed by atoms with E-state index in [-0.39, 0.29) is 18.9 Å². The van der Waals surface area contributed by atoms with Crippen LogP contribution in [-0.2, 0) is 33.2 Å². The van der Waals surface area contributed by atoms with Crippen LogP contribution in [0.2, 0.25) is 0 Å². The van der Waals surface area contributed by atoms with Crippen molar-refractivity contribution in [3.05, 3.63) is 48.6 Å². The van der Waals surface area contributed by atoms with Crippen molar-refractivity contribution in [2.45, 2.75) is 362 Å². The van der Waals surface area contributed by atoms with Gasteiger partial charge in [-0.2, -0.15) is 0 Å². The summed E-state index contributed by atoms with van der Waals surface area (Å²) in [5, 5.41) is 121. The van der Waals surface area contributed by atoms with Crippen molar-refractivity contribution in [1.82, 2.24) is 5.32 Å². The van der Waals surface area contributed by atoms with Crippen LogP contribution in [0.1, 0.15) is 258 Å². The van der Waals surface area contributed by atoms with Gasteiger partial charge in [0.15, 0.2) is 18.9 Å². The number of aliphatic hydroxyl groups excluding tert-OH is 11. The van der Waals surface area contributed by atoms with Crippen LogP contribution in [0.4, 0.5) is 0 Å². The highest BCUT2D eigenvalue weighted by molar-refractivity contribution is 5.76. The number of amides is 1. The van der Waals surface area contributed by atoms with Crippen LogP contribution in [0.5, 0.6) is 0 Å². The molecule has 17 atom stereocenters. The molecule has 3 saturated heterocycles. The first-order chi connectivity index (χ1) is 43.3. The third-order valence-corrected chi connectivity index (χ3v) is 17.6. The Kier molecular flexibility index (Phi) is 47.4. The Morgan fingerprint density at radius 3 is 1.16 bits per heavy atom. The van der Waals surface area contributed by atoms with E-state index in [2.05, 4.69) is 55.6 Å². The predicted octanol–water partition coefficient (Wildman–Crippen LogP) is 9.39. The molecule has 17 unspecified atom stereocenters. The number of rotatable bonds is 54. The fraction of sp³-hybridized carbons (Fsp3) is 0.871. The molecule has 0 saturated carbocycles. The molecule has 0 aromatic heterocycles. The lowest BCUT2D eigenvalue weighted by atomic mass is 9.96. The molecule has 3 aliphatic heterocycles. The van der Waals surface area contributed by atoms with Crippen molar-refractivity contribution in [2.24, 2.45) is 0 Å². The lowest BCUT2D eigenvalue weighted by Gasteiger charge is -2.48. The van der Waals surface area contributed by atoms with Crippen molar-refractivity contribution >= 4 is 5.91 Å². The monoisotopic (exact) mass is 1270 g/mol. The van der Waals surface area contributed by atoms with Crippen molar-refractivity contribution < 1.29 is 89.4 Å². The van der Waals surface area contributed by atoms with E-state index in [0.29, 0.717) is 6.42 Å². The van der Waals surface area contributed by atoms with E-state index in [1.807, 2.05) is 6.08 Å². The smallest absolute Gasteiger partial charge is 0.220 e. The van der Waals surface area contributed by atoms with Gasteiger partial charge in [-0.15, -0.1) is 0 Å². The number of ether oxygens (including phenoxy) is 6. The minimum atomic E-state index is -1.98. The summed E-state index contributed by atoms with van der Waals surface area (Å²) >= 11 is 0. The molecule has 0 aliphatic carbocycles. The number of unbranched alkanes of at least 4 members (excludes halogenated alkanes) is 32. The summed E-state index contributed by atoms with van der Waals surface area (Å²) in [5.41, 5.74) is 0. The molecule has 0 spiro atoms. The van der Waals surface area contributed by atoms with E-state index in [4.69, 9.17) is 28.4 Å². The van der Waals surface area contributed by atoms with E-state index in [1.54, 1.807) is 6.08 Å². The fourth-order valence-corrected chi connectivity index (χ4v) is 11.8. The summed E-state index contributed by atoms with van der Waals surface area (Å²) < 4.78 is 34.4. The van der Waals surface area contributed by atoms with Gasteiger partial charge in [0, 0.05) is 6.42 Å². The van der Waals surface area contributed by atoms with Crippen LogP contribution in [0.3, 0.4) is 0 Å². The van der Waals surface area contributed by atoms with Crippen molar-refractivity contribution in [1.29, 1.82) is 0 Å². The zero-order valence-corrected chi connectivity index (χ0v) is 54.9. The second kappa shape index (κ2) is 52.1. The minimum absolute atomic E-state index is 0.241. The molecule has 19 heteroatoms. The molecule has 0 aromatic carbocycles. The quantitative estimate of drug-likeness (QED) is 0.0199. The first-order valence-corrected chi connectivity index (χ1v) is 35.4. The Labute approximate surface area is 535 Å². The minimum Gasteiger partial charge on any atom is -0.394 e. The number of allylic oxidation sites excluding steroid dienone is 7. The van der Waals surface area contributed by atoms with Gasteiger partial charge in [-0.3, -0.25) is 4.79 Å². The van der Waals surface area contributed by atoms with Gasteiger partial charge in [0.05, 0.1) is 38.6 Å². The SMILES string of the molecule is CCCCCCC/C=C\C/C=C\C/C=C\CCCCCCCCCCCCCCC(=O)NC(COC1OC(CO)C(OC2OC(CO)C(OC3OC(CO)C(O)C(O)C3O)C(O)C2O)C(O)C1O)C(O)/C=C/CCCCCCCCCCCCCCCCC. The molecule has 3 rings (SSSR count). The maximum absolute atomic E-state index is 13.4. The van der Waals surface area contributed by atoms with Crippen LogP contribution in [0.25, 0.3) is 0 Å². The largest absolute Gasteiger partial charge is 0.394 e. The molecule has 520 valence electrons. The van der Waals surface area contributed by atoms with E-state index in [9.17, 15) is 61.0 Å². The normalized spacial score (nSPS) is 28.5. The molecule has 1 amide bonds. The van der Waals surface area contributed by atoms with Crippen molar-refractivity contribution in [2.75, 3.05) is 26.4 Å². The highest BCUT2D eigenvalue weighted by Crippen LogP contribution is 2.33. The Morgan fingerprint density at radius 2 is 0.742 bits per heavy atom. The molecule has 19 nitrogen and oxygen atoms in total. The second-order valence-electron chi connectivity index (χ2n) is 25.3. The van der Waals surface area contributed by atoms with Gasteiger partial charge in [0.1, 0.15) is 73.2 Å². The molecule has 12 N–H and O–H groups in total. The first kappa shape index (κ1) is 81.0. The summed E-state index contributed by atoms with van der Waals surface area (Å²) in [6.07, 6.45) is 35.1. The van der Waals surface area contributed by atoms with E-state index in [0.717, 1.165) is 64.2 Å². The van der Waals surface area contributed by atoms with Crippen LogP contribution >= 0.6 is 0 Å². The van der Waals surface area contributed by atoms with Gasteiger partial charge < -0.3 is 89.9 Å². The van der Waals surface area contributed by atoms with Crippen molar-refractivity contribution in [3.8, 4) is 0 Å². The number of aliphatic hydroxyl groups is 11. The van der Waals surface area contributed by atoms with E-state index >= 15 is 0 Å². The van der Waals surface area contributed by atoms with Gasteiger partial charge in [0.2, 0.25) is 5.91 Å².